The molecule has 1 unspecified atom stereocenters. The third-order valence-corrected chi connectivity index (χ3v) is 5.01. The standard InChI is InChI=1S/C15H25N3/c1-2-7-17-10-5-14(6-11-17)16-15-12-18-8-3-13(15)4-9-18/h1,13-16H,3-12H2. The molecule has 0 aromatic carbocycles. The van der Waals surface area contributed by atoms with E-state index < -0.39 is 0 Å². The molecule has 4 aliphatic heterocycles. The summed E-state index contributed by atoms with van der Waals surface area (Å²) in [6.07, 6.45) is 10.7. The Kier molecular flexibility index (Phi) is 3.88. The van der Waals surface area contributed by atoms with Crippen LogP contribution in [0.2, 0.25) is 0 Å². The molecule has 4 fully saturated rings. The van der Waals surface area contributed by atoms with Crippen LogP contribution in [0.15, 0.2) is 0 Å². The van der Waals surface area contributed by atoms with Crippen LogP contribution in [0, 0.1) is 18.3 Å². The highest BCUT2D eigenvalue weighted by Gasteiger charge is 2.35. The molecule has 0 radical (unpaired) electrons. The quantitative estimate of drug-likeness (QED) is 0.743. The number of fused-ring (bicyclic) bond motifs is 3. The van der Waals surface area contributed by atoms with Gasteiger partial charge in [-0.3, -0.25) is 4.90 Å². The van der Waals surface area contributed by atoms with Gasteiger partial charge in [0.15, 0.2) is 0 Å². The minimum atomic E-state index is 0.726. The van der Waals surface area contributed by atoms with Crippen LogP contribution in [0.25, 0.3) is 0 Å². The maximum atomic E-state index is 5.37. The summed E-state index contributed by atoms with van der Waals surface area (Å²) in [7, 11) is 0. The van der Waals surface area contributed by atoms with E-state index in [-0.39, 0.29) is 0 Å². The lowest BCUT2D eigenvalue weighted by Gasteiger charge is -2.47. The summed E-state index contributed by atoms with van der Waals surface area (Å²) in [5, 5.41) is 3.93. The van der Waals surface area contributed by atoms with Gasteiger partial charge >= 0.3 is 0 Å². The van der Waals surface area contributed by atoms with Crippen LogP contribution in [0.5, 0.6) is 0 Å². The molecule has 4 aliphatic rings. The van der Waals surface area contributed by atoms with Gasteiger partial charge in [0.05, 0.1) is 6.54 Å². The van der Waals surface area contributed by atoms with E-state index in [0.29, 0.717) is 0 Å². The number of likely N-dealkylation sites (tertiary alicyclic amines) is 1. The van der Waals surface area contributed by atoms with Crippen LogP contribution < -0.4 is 5.32 Å². The molecule has 100 valence electrons. The van der Waals surface area contributed by atoms with Gasteiger partial charge in [0, 0.05) is 31.7 Å². The Morgan fingerprint density at radius 1 is 1.06 bits per heavy atom. The molecule has 0 spiro atoms. The Labute approximate surface area is 111 Å². The minimum Gasteiger partial charge on any atom is -0.310 e. The molecule has 1 N–H and O–H groups in total. The number of nitrogens with zero attached hydrogens (tertiary/aromatic N) is 2. The van der Waals surface area contributed by atoms with Crippen molar-refractivity contribution in [3.05, 3.63) is 0 Å². The van der Waals surface area contributed by atoms with Crippen LogP contribution in [0.3, 0.4) is 0 Å². The van der Waals surface area contributed by atoms with Crippen molar-refractivity contribution >= 4 is 0 Å². The third-order valence-electron chi connectivity index (χ3n) is 5.01. The van der Waals surface area contributed by atoms with Gasteiger partial charge < -0.3 is 10.2 Å². The third kappa shape index (κ3) is 2.71. The van der Waals surface area contributed by atoms with Crippen molar-refractivity contribution < 1.29 is 0 Å². The molecule has 18 heavy (non-hydrogen) atoms. The lowest BCUT2D eigenvalue weighted by molar-refractivity contribution is 0.0609. The molecule has 0 aliphatic carbocycles. The molecular formula is C15H25N3. The number of piperidine rings is 4. The Balaban J connectivity index is 1.45. The second-order valence-corrected chi connectivity index (χ2v) is 6.17. The topological polar surface area (TPSA) is 18.5 Å². The number of terminal acetylenes is 1. The fourth-order valence-electron chi connectivity index (χ4n) is 3.84. The molecule has 1 atom stereocenters. The Bertz CT molecular complexity index is 306. The van der Waals surface area contributed by atoms with E-state index in [1.54, 1.807) is 0 Å². The zero-order valence-corrected chi connectivity index (χ0v) is 11.3. The summed E-state index contributed by atoms with van der Waals surface area (Å²) >= 11 is 0. The van der Waals surface area contributed by atoms with Crippen molar-refractivity contribution in [3.8, 4) is 12.3 Å². The van der Waals surface area contributed by atoms with Gasteiger partial charge in [0.1, 0.15) is 0 Å². The lowest BCUT2D eigenvalue weighted by atomic mass is 9.83. The fraction of sp³-hybridized carbons (Fsp3) is 0.867. The predicted molar refractivity (Wildman–Crippen MR) is 74.4 cm³/mol. The molecule has 0 aromatic heterocycles. The molecule has 0 amide bonds. The maximum absolute atomic E-state index is 5.37. The van der Waals surface area contributed by atoms with Crippen molar-refractivity contribution in [2.45, 2.75) is 37.8 Å². The van der Waals surface area contributed by atoms with E-state index in [4.69, 9.17) is 6.42 Å². The van der Waals surface area contributed by atoms with Crippen LogP contribution in [0.1, 0.15) is 25.7 Å². The summed E-state index contributed by atoms with van der Waals surface area (Å²) < 4.78 is 0. The molecule has 0 saturated carbocycles. The van der Waals surface area contributed by atoms with Gasteiger partial charge in [0.25, 0.3) is 0 Å². The largest absolute Gasteiger partial charge is 0.310 e. The van der Waals surface area contributed by atoms with Crippen molar-refractivity contribution in [2.75, 3.05) is 39.3 Å². The first-order chi connectivity index (χ1) is 8.85. The Morgan fingerprint density at radius 3 is 2.33 bits per heavy atom. The first-order valence-electron chi connectivity index (χ1n) is 7.49. The first-order valence-corrected chi connectivity index (χ1v) is 7.49. The highest BCUT2D eigenvalue weighted by molar-refractivity contribution is 4.94. The van der Waals surface area contributed by atoms with Gasteiger partial charge in [-0.1, -0.05) is 5.92 Å². The van der Waals surface area contributed by atoms with Crippen molar-refractivity contribution in [2.24, 2.45) is 5.92 Å². The molecule has 4 rings (SSSR count). The predicted octanol–water partition coefficient (Wildman–Crippen LogP) is 0.768. The summed E-state index contributed by atoms with van der Waals surface area (Å²) in [6.45, 7) is 7.13. The Hall–Kier alpha value is -0.560. The van der Waals surface area contributed by atoms with Crippen LogP contribution in [-0.4, -0.2) is 61.2 Å². The summed E-state index contributed by atoms with van der Waals surface area (Å²) in [6, 6.07) is 1.49. The summed E-state index contributed by atoms with van der Waals surface area (Å²) in [5.74, 6) is 3.70. The van der Waals surface area contributed by atoms with Crippen LogP contribution >= 0.6 is 0 Å². The summed E-state index contributed by atoms with van der Waals surface area (Å²) in [5.41, 5.74) is 0. The van der Waals surface area contributed by atoms with Gasteiger partial charge in [0.2, 0.25) is 0 Å². The zero-order valence-electron chi connectivity index (χ0n) is 11.3. The average Bonchev–Trinajstić information content (AvgIpc) is 2.43. The zero-order chi connectivity index (χ0) is 12.4. The number of nitrogens with one attached hydrogen (secondary N) is 1. The number of hydrogen-bond acceptors (Lipinski definition) is 3. The molecule has 0 aromatic rings. The highest BCUT2D eigenvalue weighted by Crippen LogP contribution is 2.28. The second kappa shape index (κ2) is 5.61. The molecular weight excluding hydrogens is 222 g/mol. The second-order valence-electron chi connectivity index (χ2n) is 6.17. The van der Waals surface area contributed by atoms with Crippen LogP contribution in [-0.2, 0) is 0 Å². The van der Waals surface area contributed by atoms with E-state index >= 15 is 0 Å². The Morgan fingerprint density at radius 2 is 1.78 bits per heavy atom. The maximum Gasteiger partial charge on any atom is 0.0598 e. The molecule has 2 bridgehead atoms. The number of hydrogen-bond donors (Lipinski definition) is 1. The SMILES string of the molecule is C#CCN1CCC(NC2CN3CCC2CC3)CC1. The fourth-order valence-corrected chi connectivity index (χ4v) is 3.84. The van der Waals surface area contributed by atoms with Gasteiger partial charge in [-0.15, -0.1) is 6.42 Å². The average molecular weight is 247 g/mol. The van der Waals surface area contributed by atoms with Crippen LogP contribution in [0.4, 0.5) is 0 Å². The van der Waals surface area contributed by atoms with Crippen molar-refractivity contribution in [1.29, 1.82) is 0 Å². The normalized spacial score (nSPS) is 37.6. The smallest absolute Gasteiger partial charge is 0.0598 e. The van der Waals surface area contributed by atoms with Gasteiger partial charge in [-0.2, -0.15) is 0 Å². The molecule has 4 heterocycles. The highest BCUT2D eigenvalue weighted by atomic mass is 15.2. The monoisotopic (exact) mass is 247 g/mol. The van der Waals surface area contributed by atoms with Gasteiger partial charge in [-0.25, -0.2) is 0 Å². The molecule has 3 heteroatoms. The number of rotatable bonds is 3. The molecule has 4 saturated heterocycles. The summed E-state index contributed by atoms with van der Waals surface area (Å²) in [4.78, 5) is 5.03. The van der Waals surface area contributed by atoms with E-state index in [9.17, 15) is 0 Å². The molecule has 3 nitrogen and oxygen atoms in total. The van der Waals surface area contributed by atoms with E-state index in [2.05, 4.69) is 21.0 Å². The van der Waals surface area contributed by atoms with Gasteiger partial charge in [-0.05, 0) is 44.7 Å². The van der Waals surface area contributed by atoms with Crippen molar-refractivity contribution in [1.82, 2.24) is 15.1 Å². The van der Waals surface area contributed by atoms with E-state index in [1.807, 2.05) is 0 Å². The van der Waals surface area contributed by atoms with Crippen molar-refractivity contribution in [3.63, 3.8) is 0 Å². The minimum absolute atomic E-state index is 0.726. The first kappa shape index (κ1) is 12.5. The van der Waals surface area contributed by atoms with E-state index in [1.165, 1.54) is 58.4 Å². The lowest BCUT2D eigenvalue weighted by Crippen LogP contribution is -2.59. The van der Waals surface area contributed by atoms with E-state index in [0.717, 1.165) is 24.5 Å².